The molecule has 0 spiro atoms. The van der Waals surface area contributed by atoms with E-state index >= 15 is 0 Å². The molecular formula is C11H13BrN4O. The highest BCUT2D eigenvalue weighted by Crippen LogP contribution is 2.30. The smallest absolute Gasteiger partial charge is 0.341 e. The number of rotatable bonds is 3. The molecule has 5 nitrogen and oxygen atoms in total. The predicted molar refractivity (Wildman–Crippen MR) is 67.8 cm³/mol. The quantitative estimate of drug-likeness (QED) is 0.944. The Bertz CT molecular complexity index is 524. The summed E-state index contributed by atoms with van der Waals surface area (Å²) in [5, 5.41) is 4.04. The van der Waals surface area contributed by atoms with Gasteiger partial charge >= 0.3 is 6.01 Å². The molecule has 0 amide bonds. The normalized spacial score (nSPS) is 12.5. The van der Waals surface area contributed by atoms with Crippen molar-refractivity contribution in [1.29, 1.82) is 0 Å². The maximum atomic E-state index is 5.80. The molecule has 0 fully saturated rings. The number of halogens is 1. The van der Waals surface area contributed by atoms with Crippen LogP contribution in [0.25, 0.3) is 0 Å². The third-order valence-electron chi connectivity index (χ3n) is 2.26. The summed E-state index contributed by atoms with van der Waals surface area (Å²) in [5.74, 6) is 0.667. The molecule has 1 aromatic carbocycles. The molecular weight excluding hydrogens is 284 g/mol. The molecule has 0 radical (unpaired) electrons. The molecule has 17 heavy (non-hydrogen) atoms. The summed E-state index contributed by atoms with van der Waals surface area (Å²) in [6, 6.07) is 6.02. The Morgan fingerprint density at radius 3 is 2.76 bits per heavy atom. The summed E-state index contributed by atoms with van der Waals surface area (Å²) in [5.41, 5.74) is 6.84. The van der Waals surface area contributed by atoms with Crippen LogP contribution in [-0.2, 0) is 7.05 Å². The van der Waals surface area contributed by atoms with Gasteiger partial charge in [-0.05, 0) is 40.5 Å². The fraction of sp³-hybridized carbons (Fsp3) is 0.273. The molecule has 0 aliphatic carbocycles. The van der Waals surface area contributed by atoms with Crippen molar-refractivity contribution in [3.8, 4) is 11.8 Å². The minimum Gasteiger partial charge on any atom is -0.422 e. The van der Waals surface area contributed by atoms with Crippen LogP contribution >= 0.6 is 15.9 Å². The average Bonchev–Trinajstić information content (AvgIpc) is 2.67. The first-order valence-corrected chi connectivity index (χ1v) is 5.94. The van der Waals surface area contributed by atoms with Gasteiger partial charge in [-0.3, -0.25) is 4.68 Å². The van der Waals surface area contributed by atoms with Gasteiger partial charge in [0.2, 0.25) is 0 Å². The van der Waals surface area contributed by atoms with Gasteiger partial charge in [0.15, 0.2) is 0 Å². The summed E-state index contributed by atoms with van der Waals surface area (Å²) in [4.78, 5) is 3.99. The van der Waals surface area contributed by atoms with Crippen LogP contribution in [0.1, 0.15) is 18.5 Å². The molecule has 2 aromatic rings. The Morgan fingerprint density at radius 2 is 2.24 bits per heavy atom. The predicted octanol–water partition coefficient (Wildman–Crippen LogP) is 2.39. The zero-order valence-electron chi connectivity index (χ0n) is 9.59. The minimum atomic E-state index is -0.00618. The maximum Gasteiger partial charge on any atom is 0.341 e. The van der Waals surface area contributed by atoms with Crippen LogP contribution in [0.2, 0.25) is 0 Å². The van der Waals surface area contributed by atoms with Crippen molar-refractivity contribution in [1.82, 2.24) is 14.8 Å². The first-order valence-electron chi connectivity index (χ1n) is 5.15. The first-order chi connectivity index (χ1) is 8.06. The zero-order chi connectivity index (χ0) is 12.4. The Labute approximate surface area is 108 Å². The van der Waals surface area contributed by atoms with Crippen LogP contribution in [0.15, 0.2) is 29.0 Å². The minimum absolute atomic E-state index is 0.00618. The lowest BCUT2D eigenvalue weighted by Crippen LogP contribution is -2.04. The molecule has 0 saturated heterocycles. The van der Waals surface area contributed by atoms with E-state index in [1.807, 2.05) is 25.1 Å². The number of hydrogen-bond acceptors (Lipinski definition) is 4. The number of benzene rings is 1. The number of nitrogens with zero attached hydrogens (tertiary/aromatic N) is 3. The highest BCUT2D eigenvalue weighted by atomic mass is 79.9. The molecule has 1 heterocycles. The van der Waals surface area contributed by atoms with E-state index < -0.39 is 0 Å². The van der Waals surface area contributed by atoms with E-state index in [0.29, 0.717) is 11.8 Å². The van der Waals surface area contributed by atoms with Crippen LogP contribution in [0.4, 0.5) is 0 Å². The van der Waals surface area contributed by atoms with Gasteiger partial charge in [-0.2, -0.15) is 4.98 Å². The van der Waals surface area contributed by atoms with Crippen LogP contribution in [-0.4, -0.2) is 14.8 Å². The van der Waals surface area contributed by atoms with E-state index in [-0.39, 0.29) is 6.04 Å². The second-order valence-corrected chi connectivity index (χ2v) is 4.64. The van der Waals surface area contributed by atoms with Gasteiger partial charge in [0, 0.05) is 13.1 Å². The third-order valence-corrected chi connectivity index (χ3v) is 2.88. The molecule has 0 saturated carbocycles. The van der Waals surface area contributed by atoms with E-state index in [2.05, 4.69) is 26.0 Å². The highest BCUT2D eigenvalue weighted by Gasteiger charge is 2.08. The second kappa shape index (κ2) is 4.85. The summed E-state index contributed by atoms with van der Waals surface area (Å²) in [7, 11) is 1.79. The largest absolute Gasteiger partial charge is 0.422 e. The SMILES string of the molecule is C[C@@H](N)c1ccc(Oc2ncn(C)n2)c(Br)c1. The number of hydrogen-bond donors (Lipinski definition) is 1. The van der Waals surface area contributed by atoms with Crippen molar-refractivity contribution in [3.63, 3.8) is 0 Å². The summed E-state index contributed by atoms with van der Waals surface area (Å²) in [6.45, 7) is 1.93. The number of ether oxygens (including phenoxy) is 1. The van der Waals surface area contributed by atoms with Crippen LogP contribution in [0.3, 0.4) is 0 Å². The molecule has 0 bridgehead atoms. The van der Waals surface area contributed by atoms with Crippen molar-refractivity contribution in [2.45, 2.75) is 13.0 Å². The van der Waals surface area contributed by atoms with E-state index in [9.17, 15) is 0 Å². The summed E-state index contributed by atoms with van der Waals surface area (Å²) >= 11 is 3.44. The molecule has 2 rings (SSSR count). The third kappa shape index (κ3) is 2.83. The van der Waals surface area contributed by atoms with Gasteiger partial charge in [-0.1, -0.05) is 6.07 Å². The van der Waals surface area contributed by atoms with Gasteiger partial charge in [0.05, 0.1) is 4.47 Å². The van der Waals surface area contributed by atoms with Crippen molar-refractivity contribution >= 4 is 15.9 Å². The lowest BCUT2D eigenvalue weighted by Gasteiger charge is -2.09. The van der Waals surface area contributed by atoms with E-state index in [1.54, 1.807) is 18.1 Å². The Morgan fingerprint density at radius 1 is 1.47 bits per heavy atom. The van der Waals surface area contributed by atoms with Gasteiger partial charge < -0.3 is 10.5 Å². The van der Waals surface area contributed by atoms with Gasteiger partial charge in [0.25, 0.3) is 0 Å². The van der Waals surface area contributed by atoms with Crippen molar-refractivity contribution in [2.24, 2.45) is 12.8 Å². The van der Waals surface area contributed by atoms with Crippen molar-refractivity contribution < 1.29 is 4.74 Å². The van der Waals surface area contributed by atoms with Crippen LogP contribution < -0.4 is 10.5 Å². The summed E-state index contributed by atoms with van der Waals surface area (Å²) in [6.07, 6.45) is 1.58. The average molecular weight is 297 g/mol. The molecule has 0 aliphatic rings. The van der Waals surface area contributed by atoms with Crippen molar-refractivity contribution in [3.05, 3.63) is 34.6 Å². The van der Waals surface area contributed by atoms with Gasteiger partial charge in [-0.15, -0.1) is 5.10 Å². The first kappa shape index (κ1) is 12.1. The zero-order valence-corrected chi connectivity index (χ0v) is 11.2. The topological polar surface area (TPSA) is 66.0 Å². The molecule has 1 aromatic heterocycles. The van der Waals surface area contributed by atoms with E-state index in [0.717, 1.165) is 10.0 Å². The second-order valence-electron chi connectivity index (χ2n) is 3.78. The number of aryl methyl sites for hydroxylation is 1. The lowest BCUT2D eigenvalue weighted by atomic mass is 10.1. The number of aromatic nitrogens is 3. The molecule has 0 aliphatic heterocycles. The fourth-order valence-corrected chi connectivity index (χ4v) is 1.83. The maximum absolute atomic E-state index is 5.80. The monoisotopic (exact) mass is 296 g/mol. The van der Waals surface area contributed by atoms with Crippen LogP contribution in [0.5, 0.6) is 11.8 Å². The Hall–Kier alpha value is -1.40. The Balaban J connectivity index is 2.22. The van der Waals surface area contributed by atoms with Crippen molar-refractivity contribution in [2.75, 3.05) is 0 Å². The molecule has 1 atom stereocenters. The Kier molecular flexibility index (Phi) is 3.44. The fourth-order valence-electron chi connectivity index (χ4n) is 1.35. The molecule has 0 unspecified atom stereocenters. The lowest BCUT2D eigenvalue weighted by molar-refractivity contribution is 0.436. The summed E-state index contributed by atoms with van der Waals surface area (Å²) < 4.78 is 7.95. The van der Waals surface area contributed by atoms with E-state index in [4.69, 9.17) is 10.5 Å². The highest BCUT2D eigenvalue weighted by molar-refractivity contribution is 9.10. The molecule has 90 valence electrons. The van der Waals surface area contributed by atoms with Gasteiger partial charge in [-0.25, -0.2) is 0 Å². The molecule has 6 heteroatoms. The molecule has 2 N–H and O–H groups in total. The standard InChI is InChI=1S/C11H13BrN4O/c1-7(13)8-3-4-10(9(12)5-8)17-11-14-6-16(2)15-11/h3-7H,13H2,1-2H3/t7-/m1/s1. The van der Waals surface area contributed by atoms with Gasteiger partial charge in [0.1, 0.15) is 12.1 Å². The number of nitrogens with two attached hydrogens (primary N) is 1. The van der Waals surface area contributed by atoms with Crippen LogP contribution in [0, 0.1) is 0 Å². The van der Waals surface area contributed by atoms with E-state index in [1.165, 1.54) is 0 Å².